The van der Waals surface area contributed by atoms with E-state index in [2.05, 4.69) is 64.5 Å². The lowest BCUT2D eigenvalue weighted by Crippen LogP contribution is -2.40. The fourth-order valence-corrected chi connectivity index (χ4v) is 8.23. The van der Waals surface area contributed by atoms with Crippen molar-refractivity contribution in [2.75, 3.05) is 6.61 Å². The Morgan fingerprint density at radius 2 is 1.70 bits per heavy atom. The van der Waals surface area contributed by atoms with Gasteiger partial charge >= 0.3 is 5.97 Å². The van der Waals surface area contributed by atoms with Crippen LogP contribution < -0.4 is 19.6 Å². The van der Waals surface area contributed by atoms with Crippen molar-refractivity contribution in [3.8, 4) is 5.75 Å². The number of aromatic nitrogens is 1. The number of nitrogens with zero attached hydrogens (tertiary/aromatic N) is 2. The predicted molar refractivity (Wildman–Crippen MR) is 199 cm³/mol. The molecule has 0 aliphatic carbocycles. The van der Waals surface area contributed by atoms with Gasteiger partial charge in [0.1, 0.15) is 12.4 Å². The third kappa shape index (κ3) is 7.07. The summed E-state index contributed by atoms with van der Waals surface area (Å²) >= 11 is 7.17. The topological polar surface area (TPSA) is 69.9 Å². The van der Waals surface area contributed by atoms with Crippen LogP contribution in [0.5, 0.6) is 5.75 Å². The number of rotatable bonds is 9. The molecular weight excluding hydrogens is 787 g/mol. The van der Waals surface area contributed by atoms with Crippen molar-refractivity contribution in [3.05, 3.63) is 158 Å². The molecule has 238 valence electrons. The van der Waals surface area contributed by atoms with Crippen molar-refractivity contribution in [3.63, 3.8) is 0 Å². The molecule has 1 aromatic heterocycles. The van der Waals surface area contributed by atoms with Crippen LogP contribution in [0.25, 0.3) is 11.8 Å². The Balaban J connectivity index is 1.57. The minimum Gasteiger partial charge on any atom is -0.487 e. The van der Waals surface area contributed by atoms with Gasteiger partial charge in [0, 0.05) is 15.6 Å². The first kappa shape index (κ1) is 33.1. The van der Waals surface area contributed by atoms with Crippen molar-refractivity contribution in [2.45, 2.75) is 39.3 Å². The molecule has 6 nitrogen and oxygen atoms in total. The van der Waals surface area contributed by atoms with Gasteiger partial charge in [0.15, 0.2) is 4.80 Å². The summed E-state index contributed by atoms with van der Waals surface area (Å²) in [6, 6.07) is 30.9. The second-order valence-electron chi connectivity index (χ2n) is 11.3. The number of hydrogen-bond acceptors (Lipinski definition) is 6. The van der Waals surface area contributed by atoms with E-state index in [9.17, 15) is 9.59 Å². The van der Waals surface area contributed by atoms with E-state index in [1.54, 1.807) is 11.5 Å². The average Bonchev–Trinajstić information content (AvgIpc) is 3.38. The molecule has 0 unspecified atom stereocenters. The van der Waals surface area contributed by atoms with Crippen LogP contribution in [-0.4, -0.2) is 17.1 Å². The van der Waals surface area contributed by atoms with Crippen molar-refractivity contribution < 1.29 is 14.3 Å². The fraction of sp³-hybridized carbons (Fsp3) is 0.184. The van der Waals surface area contributed by atoms with Crippen LogP contribution in [0.3, 0.4) is 0 Å². The van der Waals surface area contributed by atoms with Gasteiger partial charge in [-0.05, 0) is 70.3 Å². The number of ether oxygens (including phenoxy) is 2. The van der Waals surface area contributed by atoms with Gasteiger partial charge in [-0.2, -0.15) is 0 Å². The summed E-state index contributed by atoms with van der Waals surface area (Å²) in [5, 5.41) is 0. The summed E-state index contributed by atoms with van der Waals surface area (Å²) in [6.45, 7) is 6.63. The smallest absolute Gasteiger partial charge is 0.338 e. The lowest BCUT2D eigenvalue weighted by Gasteiger charge is -2.26. The molecule has 1 aliphatic rings. The Labute approximate surface area is 299 Å². The SMILES string of the molecule is CCOC(=O)C1=C(c2ccccc2)N=c2s/c(=C\c3cc(Br)cc(I)c3OCc3ccccc3)c(=O)n2[C@H]1c1ccc(C(C)C)cc1. The molecule has 0 amide bonds. The second-order valence-corrected chi connectivity index (χ2v) is 14.4. The number of carbonyl (C=O) groups excluding carboxylic acids is 1. The standard InChI is InChI=1S/C38H32BrIN2O4S/c1-4-45-37(44)32-33(26-13-9-6-10-14-26)41-38-42(34(32)27-17-15-25(16-18-27)23(2)3)36(43)31(47-38)20-28-19-29(39)21-30(40)35(28)46-22-24-11-7-5-8-12-24/h5-21,23,34H,4,22H2,1-3H3/b31-20-/t34-/m0/s1. The van der Waals surface area contributed by atoms with Gasteiger partial charge in [0.2, 0.25) is 0 Å². The summed E-state index contributed by atoms with van der Waals surface area (Å²) < 4.78 is 15.8. The van der Waals surface area contributed by atoms with Crippen LogP contribution in [0.1, 0.15) is 60.5 Å². The lowest BCUT2D eigenvalue weighted by atomic mass is 9.91. The summed E-state index contributed by atoms with van der Waals surface area (Å²) in [7, 11) is 0. The van der Waals surface area contributed by atoms with E-state index < -0.39 is 12.0 Å². The molecule has 47 heavy (non-hydrogen) atoms. The Morgan fingerprint density at radius 3 is 2.36 bits per heavy atom. The van der Waals surface area contributed by atoms with Gasteiger partial charge in [0.25, 0.3) is 5.56 Å². The highest BCUT2D eigenvalue weighted by molar-refractivity contribution is 14.1. The van der Waals surface area contributed by atoms with Crippen LogP contribution in [0.4, 0.5) is 0 Å². The summed E-state index contributed by atoms with van der Waals surface area (Å²) in [4.78, 5) is 33.7. The Hall–Kier alpha value is -3.80. The molecule has 0 saturated carbocycles. The maximum atomic E-state index is 14.5. The van der Waals surface area contributed by atoms with Gasteiger partial charge in [-0.1, -0.05) is 126 Å². The minimum absolute atomic E-state index is 0.196. The van der Waals surface area contributed by atoms with E-state index in [0.29, 0.717) is 38.9 Å². The monoisotopic (exact) mass is 818 g/mol. The molecule has 2 heterocycles. The van der Waals surface area contributed by atoms with Crippen molar-refractivity contribution in [1.82, 2.24) is 4.57 Å². The van der Waals surface area contributed by atoms with Gasteiger partial charge in [-0.25, -0.2) is 9.79 Å². The van der Waals surface area contributed by atoms with Gasteiger partial charge in [0.05, 0.1) is 32.0 Å². The fourth-order valence-electron chi connectivity index (χ4n) is 5.53. The highest BCUT2D eigenvalue weighted by Gasteiger charge is 2.35. The molecule has 4 aromatic carbocycles. The predicted octanol–water partition coefficient (Wildman–Crippen LogP) is 8.01. The quantitative estimate of drug-likeness (QED) is 0.112. The van der Waals surface area contributed by atoms with Crippen LogP contribution in [0, 0.1) is 3.57 Å². The van der Waals surface area contributed by atoms with Gasteiger partial charge in [-0.15, -0.1) is 0 Å². The molecule has 0 N–H and O–H groups in total. The molecular formula is C38H32BrIN2O4S. The van der Waals surface area contributed by atoms with E-state index >= 15 is 0 Å². The number of benzene rings is 4. The highest BCUT2D eigenvalue weighted by atomic mass is 127. The number of hydrogen-bond donors (Lipinski definition) is 0. The van der Waals surface area contributed by atoms with Crippen LogP contribution in [-0.2, 0) is 16.1 Å². The zero-order valence-corrected chi connectivity index (χ0v) is 30.6. The number of carbonyl (C=O) groups is 1. The average molecular weight is 820 g/mol. The maximum absolute atomic E-state index is 14.5. The molecule has 0 radical (unpaired) electrons. The third-order valence-corrected chi connectivity index (χ3v) is 10.1. The minimum atomic E-state index is -0.736. The van der Waals surface area contributed by atoms with Gasteiger partial charge < -0.3 is 9.47 Å². The Morgan fingerprint density at radius 1 is 1.02 bits per heavy atom. The largest absolute Gasteiger partial charge is 0.487 e. The zero-order valence-electron chi connectivity index (χ0n) is 26.1. The van der Waals surface area contributed by atoms with E-state index in [4.69, 9.17) is 14.5 Å². The summed E-state index contributed by atoms with van der Waals surface area (Å²) in [6.07, 6.45) is 1.85. The van der Waals surface area contributed by atoms with E-state index in [0.717, 1.165) is 30.3 Å². The van der Waals surface area contributed by atoms with Crippen LogP contribution in [0.2, 0.25) is 0 Å². The maximum Gasteiger partial charge on any atom is 0.338 e. The Kier molecular flexibility index (Phi) is 10.2. The molecule has 1 aliphatic heterocycles. The Bertz CT molecular complexity index is 2140. The molecule has 6 rings (SSSR count). The molecule has 0 saturated heterocycles. The van der Waals surface area contributed by atoms with Crippen LogP contribution >= 0.6 is 49.9 Å². The third-order valence-electron chi connectivity index (χ3n) is 7.84. The number of halogens is 2. The van der Waals surface area contributed by atoms with Crippen LogP contribution in [0.15, 0.2) is 117 Å². The normalized spacial score (nSPS) is 14.6. The summed E-state index contributed by atoms with van der Waals surface area (Å²) in [5.41, 5.74) is 5.13. The first-order chi connectivity index (χ1) is 22.7. The molecule has 0 fully saturated rings. The van der Waals surface area contributed by atoms with E-state index in [1.165, 1.54) is 16.9 Å². The lowest BCUT2D eigenvalue weighted by molar-refractivity contribution is -0.138. The first-order valence-corrected chi connectivity index (χ1v) is 18.0. The van der Waals surface area contributed by atoms with Crippen molar-refractivity contribution in [2.24, 2.45) is 4.99 Å². The number of thiazole rings is 1. The highest BCUT2D eigenvalue weighted by Crippen LogP contribution is 2.36. The molecule has 1 atom stereocenters. The second kappa shape index (κ2) is 14.5. The van der Waals surface area contributed by atoms with Crippen molar-refractivity contribution in [1.29, 1.82) is 0 Å². The van der Waals surface area contributed by atoms with E-state index in [-0.39, 0.29) is 12.2 Å². The molecule has 0 bridgehead atoms. The summed E-state index contributed by atoms with van der Waals surface area (Å²) in [5.74, 6) is 0.513. The number of fused-ring (bicyclic) bond motifs is 1. The zero-order chi connectivity index (χ0) is 33.1. The molecule has 9 heteroatoms. The van der Waals surface area contributed by atoms with Crippen molar-refractivity contribution >= 4 is 67.6 Å². The molecule has 5 aromatic rings. The first-order valence-electron chi connectivity index (χ1n) is 15.3. The van der Waals surface area contributed by atoms with E-state index in [1.807, 2.05) is 91.0 Å². The molecule has 0 spiro atoms. The number of esters is 1. The van der Waals surface area contributed by atoms with Gasteiger partial charge in [-0.3, -0.25) is 9.36 Å².